The van der Waals surface area contributed by atoms with Crippen molar-refractivity contribution in [3.8, 4) is 28.3 Å². The van der Waals surface area contributed by atoms with E-state index in [1.165, 1.54) is 24.2 Å². The molecule has 0 radical (unpaired) electrons. The number of carboxylic acid groups (broad SMARTS) is 1. The molecule has 0 bridgehead atoms. The third-order valence-corrected chi connectivity index (χ3v) is 5.92. The molecule has 0 spiro atoms. The van der Waals surface area contributed by atoms with Gasteiger partial charge in [-0.2, -0.15) is 0 Å². The van der Waals surface area contributed by atoms with Gasteiger partial charge in [0.1, 0.15) is 11.3 Å². The Morgan fingerprint density at radius 2 is 2.10 bits per heavy atom. The maximum absolute atomic E-state index is 12.5. The number of hydrogen-bond donors (Lipinski definition) is 1. The van der Waals surface area contributed by atoms with Crippen LogP contribution in [0.3, 0.4) is 0 Å². The molecule has 1 atom stereocenters. The lowest BCUT2D eigenvalue weighted by molar-refractivity contribution is 0.0694. The molecule has 0 fully saturated rings. The van der Waals surface area contributed by atoms with Gasteiger partial charge in [0, 0.05) is 35.9 Å². The zero-order valence-corrected chi connectivity index (χ0v) is 16.1. The number of aromatic nitrogens is 2. The Balaban J connectivity index is 1.83. The van der Waals surface area contributed by atoms with Crippen LogP contribution < -0.4 is 10.2 Å². The summed E-state index contributed by atoms with van der Waals surface area (Å²) in [6.45, 7) is 4.82. The van der Waals surface area contributed by atoms with Crippen LogP contribution in [0.4, 0.5) is 0 Å². The van der Waals surface area contributed by atoms with Crippen LogP contribution in [-0.2, 0) is 12.8 Å². The Labute approximate surface area is 166 Å². The smallest absolute Gasteiger partial charge is 0.341 e. The number of carboxylic acids is 1. The molecule has 4 heterocycles. The van der Waals surface area contributed by atoms with Gasteiger partial charge in [0.05, 0.1) is 24.1 Å². The lowest BCUT2D eigenvalue weighted by Crippen LogP contribution is -2.28. The highest BCUT2D eigenvalue weighted by molar-refractivity contribution is 5.88. The van der Waals surface area contributed by atoms with Crippen LogP contribution in [0.5, 0.6) is 5.75 Å². The molecule has 0 saturated heterocycles. The van der Waals surface area contributed by atoms with Gasteiger partial charge in [0.25, 0.3) is 0 Å². The van der Waals surface area contributed by atoms with E-state index in [1.54, 1.807) is 6.20 Å². The molecule has 1 unspecified atom stereocenters. The Kier molecular flexibility index (Phi) is 3.87. The van der Waals surface area contributed by atoms with Gasteiger partial charge >= 0.3 is 5.97 Å². The largest absolute Gasteiger partial charge is 0.492 e. The molecular weight excluding hydrogens is 372 g/mol. The number of nitrogens with zero attached hydrogens (tertiary/aromatic N) is 2. The van der Waals surface area contributed by atoms with Gasteiger partial charge in [0.2, 0.25) is 0 Å². The first-order chi connectivity index (χ1) is 14.0. The number of oxazole rings is 1. The highest BCUT2D eigenvalue weighted by atomic mass is 16.5. The zero-order valence-electron chi connectivity index (χ0n) is 16.1. The third-order valence-electron chi connectivity index (χ3n) is 5.92. The van der Waals surface area contributed by atoms with Crippen LogP contribution in [0.1, 0.15) is 41.4 Å². The maximum atomic E-state index is 12.5. The van der Waals surface area contributed by atoms with Crippen molar-refractivity contribution in [2.24, 2.45) is 5.92 Å². The third kappa shape index (κ3) is 2.61. The Bertz CT molecular complexity index is 1190. The molecule has 7 nitrogen and oxygen atoms in total. The van der Waals surface area contributed by atoms with Crippen molar-refractivity contribution >= 4 is 5.97 Å². The lowest BCUT2D eigenvalue weighted by Gasteiger charge is -2.34. The molecule has 2 aromatic heterocycles. The first-order valence-electron chi connectivity index (χ1n) is 9.66. The number of fused-ring (bicyclic) bond motifs is 5. The van der Waals surface area contributed by atoms with Crippen LogP contribution in [0, 0.1) is 5.92 Å². The average molecular weight is 392 g/mol. The zero-order chi connectivity index (χ0) is 20.3. The second-order valence-electron chi connectivity index (χ2n) is 7.89. The number of hydrogen-bond acceptors (Lipinski definition) is 5. The second kappa shape index (κ2) is 6.34. The van der Waals surface area contributed by atoms with Gasteiger partial charge in [-0.05, 0) is 24.0 Å². The predicted molar refractivity (Wildman–Crippen MR) is 105 cm³/mol. The van der Waals surface area contributed by atoms with E-state index in [-0.39, 0.29) is 17.5 Å². The van der Waals surface area contributed by atoms with Crippen LogP contribution in [0.2, 0.25) is 0 Å². The number of benzene rings is 1. The Morgan fingerprint density at radius 3 is 2.79 bits per heavy atom. The van der Waals surface area contributed by atoms with Crippen LogP contribution in [0.15, 0.2) is 40.1 Å². The topological polar surface area (TPSA) is 94.6 Å². The van der Waals surface area contributed by atoms with E-state index in [2.05, 4.69) is 18.8 Å². The van der Waals surface area contributed by atoms with E-state index < -0.39 is 11.4 Å². The molecule has 148 valence electrons. The minimum atomic E-state index is -1.21. The fourth-order valence-electron chi connectivity index (χ4n) is 4.50. The van der Waals surface area contributed by atoms with Gasteiger partial charge in [-0.1, -0.05) is 13.8 Å². The molecule has 0 saturated carbocycles. The van der Waals surface area contributed by atoms with Crippen molar-refractivity contribution in [2.45, 2.75) is 32.7 Å². The molecule has 3 aromatic rings. The Morgan fingerprint density at radius 1 is 1.28 bits per heavy atom. The molecule has 29 heavy (non-hydrogen) atoms. The first-order valence-corrected chi connectivity index (χ1v) is 9.66. The second-order valence-corrected chi connectivity index (χ2v) is 7.89. The van der Waals surface area contributed by atoms with E-state index in [0.717, 1.165) is 41.0 Å². The van der Waals surface area contributed by atoms with Crippen LogP contribution in [-0.4, -0.2) is 27.2 Å². The molecule has 2 aliphatic heterocycles. The number of ether oxygens (including phenoxy) is 1. The van der Waals surface area contributed by atoms with Crippen molar-refractivity contribution < 1.29 is 19.1 Å². The minimum Gasteiger partial charge on any atom is -0.492 e. The standard InChI is InChI=1S/C22H20N2O5/c1-11(2)17-6-13-12-3-4-28-21(12)15(20-8-23-10-29-20)5-14(13)18-7-19(25)16(22(26)27)9-24(17)18/h5,7-11,17H,3-4,6H2,1-2H3,(H,26,27). The van der Waals surface area contributed by atoms with Gasteiger partial charge in [-0.3, -0.25) is 4.79 Å². The van der Waals surface area contributed by atoms with E-state index in [9.17, 15) is 14.7 Å². The maximum Gasteiger partial charge on any atom is 0.341 e. The van der Waals surface area contributed by atoms with E-state index in [4.69, 9.17) is 9.15 Å². The predicted octanol–water partition coefficient (Wildman–Crippen LogP) is 3.56. The summed E-state index contributed by atoms with van der Waals surface area (Å²) in [4.78, 5) is 28.1. The summed E-state index contributed by atoms with van der Waals surface area (Å²) in [7, 11) is 0. The summed E-state index contributed by atoms with van der Waals surface area (Å²) in [6, 6.07) is 3.47. The summed E-state index contributed by atoms with van der Waals surface area (Å²) < 4.78 is 13.4. The van der Waals surface area contributed by atoms with Gasteiger partial charge in [-0.25, -0.2) is 9.78 Å². The molecule has 1 N–H and O–H groups in total. The average Bonchev–Trinajstić information content (AvgIpc) is 3.38. The monoisotopic (exact) mass is 392 g/mol. The lowest BCUT2D eigenvalue weighted by atomic mass is 9.83. The van der Waals surface area contributed by atoms with Crippen molar-refractivity contribution in [1.82, 2.24) is 9.55 Å². The SMILES string of the molecule is CC(C)C1Cc2c(cc(-c3cnco3)c3c2CCO3)-c2cc(=O)c(C(=O)O)cn21. The normalized spacial score (nSPS) is 16.9. The van der Waals surface area contributed by atoms with Crippen molar-refractivity contribution in [3.63, 3.8) is 0 Å². The number of pyridine rings is 1. The molecular formula is C22H20N2O5. The highest BCUT2D eigenvalue weighted by Crippen LogP contribution is 2.47. The summed E-state index contributed by atoms with van der Waals surface area (Å²) >= 11 is 0. The molecule has 2 aliphatic rings. The number of rotatable bonds is 3. The minimum absolute atomic E-state index is 0.0528. The fraction of sp³-hybridized carbons (Fsp3) is 0.318. The summed E-state index contributed by atoms with van der Waals surface area (Å²) in [5.41, 5.74) is 4.07. The van der Waals surface area contributed by atoms with Gasteiger partial charge in [-0.15, -0.1) is 0 Å². The summed E-state index contributed by atoms with van der Waals surface area (Å²) in [5.74, 6) is 0.482. The quantitative estimate of drug-likeness (QED) is 0.732. The van der Waals surface area contributed by atoms with E-state index in [0.29, 0.717) is 12.4 Å². The van der Waals surface area contributed by atoms with E-state index in [1.807, 2.05) is 10.6 Å². The van der Waals surface area contributed by atoms with Crippen LogP contribution in [0.25, 0.3) is 22.6 Å². The first kappa shape index (κ1) is 17.7. The van der Waals surface area contributed by atoms with Crippen molar-refractivity contribution in [2.75, 3.05) is 6.61 Å². The van der Waals surface area contributed by atoms with Crippen molar-refractivity contribution in [3.05, 3.63) is 57.8 Å². The highest BCUT2D eigenvalue weighted by Gasteiger charge is 2.33. The molecule has 0 amide bonds. The molecule has 0 aliphatic carbocycles. The summed E-state index contributed by atoms with van der Waals surface area (Å²) in [5, 5.41) is 9.43. The van der Waals surface area contributed by atoms with Crippen LogP contribution >= 0.6 is 0 Å². The molecule has 5 rings (SSSR count). The Hall–Kier alpha value is -3.35. The van der Waals surface area contributed by atoms with Gasteiger partial charge in [0.15, 0.2) is 17.6 Å². The summed E-state index contributed by atoms with van der Waals surface area (Å²) in [6.07, 6.45) is 6.06. The molecule has 7 heteroatoms. The van der Waals surface area contributed by atoms with Crippen molar-refractivity contribution in [1.29, 1.82) is 0 Å². The number of aromatic carboxylic acids is 1. The fourth-order valence-corrected chi connectivity index (χ4v) is 4.50. The number of carbonyl (C=O) groups is 1. The van der Waals surface area contributed by atoms with Gasteiger partial charge < -0.3 is 18.8 Å². The van der Waals surface area contributed by atoms with E-state index >= 15 is 0 Å². The molecule has 1 aromatic carbocycles.